The molecule has 1 fully saturated rings. The summed E-state index contributed by atoms with van der Waals surface area (Å²) in [6.45, 7) is 16.4. The Kier molecular flexibility index (Phi) is 11.9. The standard InChI is InChI=1S/C18H28N.C13H10S.CH3.ClH.Ru/c1-7-14-10-9-11-15(8-2)16(14)19-13-17(3,4)12-18(19,5)6;1-11-7-5-6-10-13(11)14-12-8-3-2-4-9-12;;;/h9-11,13H,7-8,12H2,1-6H3;1-10H;1H3;1H;/q-1;;-1;;+1/p-1. The van der Waals surface area contributed by atoms with Crippen LogP contribution in [0.15, 0.2) is 82.6 Å². The van der Waals surface area contributed by atoms with Gasteiger partial charge in [-0.05, 0) is 37.8 Å². The molecule has 0 saturated carbocycles. The molecule has 1 aliphatic heterocycles. The van der Waals surface area contributed by atoms with Crippen molar-refractivity contribution < 1.29 is 15.7 Å². The number of hydrogen-bond donors (Lipinski definition) is 0. The van der Waals surface area contributed by atoms with Crippen LogP contribution in [0, 0.1) is 19.4 Å². The fraction of sp³-hybridized carbons (Fsp3) is 0.344. The molecule has 3 aromatic rings. The molecule has 0 N–H and O–H groups in total. The molecule has 1 heterocycles. The number of para-hydroxylation sites is 1. The molecule has 197 valence electrons. The van der Waals surface area contributed by atoms with Crippen molar-refractivity contribution in [1.82, 2.24) is 0 Å². The van der Waals surface area contributed by atoms with Crippen molar-refractivity contribution in [3.63, 3.8) is 0 Å². The molecule has 0 radical (unpaired) electrons. The van der Waals surface area contributed by atoms with Crippen LogP contribution < -0.4 is 4.90 Å². The van der Waals surface area contributed by atoms with Gasteiger partial charge in [-0.3, -0.25) is 0 Å². The molecule has 0 unspecified atom stereocenters. The minimum absolute atomic E-state index is 0. The Morgan fingerprint density at radius 2 is 1.47 bits per heavy atom. The second-order valence-electron chi connectivity index (χ2n) is 10.2. The Balaban J connectivity index is 0.000000250. The van der Waals surface area contributed by atoms with Crippen molar-refractivity contribution >= 4 is 31.7 Å². The van der Waals surface area contributed by atoms with Crippen LogP contribution in [-0.2, 0) is 28.5 Å². The summed E-state index contributed by atoms with van der Waals surface area (Å²) in [6.07, 6.45) is 3.41. The van der Waals surface area contributed by atoms with Gasteiger partial charge in [-0.15, -0.1) is 5.41 Å². The molecule has 36 heavy (non-hydrogen) atoms. The van der Waals surface area contributed by atoms with E-state index >= 15 is 0 Å². The summed E-state index contributed by atoms with van der Waals surface area (Å²) >= 11 is 1.61. The number of hydrogen-bond acceptors (Lipinski definition) is 2. The van der Waals surface area contributed by atoms with Crippen LogP contribution in [0.1, 0.15) is 64.7 Å². The minimum atomic E-state index is -0.171. The first kappa shape index (κ1) is 30.8. The Morgan fingerprint density at radius 3 is 2.00 bits per heavy atom. The zero-order chi connectivity index (χ0) is 25.5. The molecule has 0 aromatic heterocycles. The normalized spacial score (nSPS) is 16.0. The zero-order valence-corrected chi connectivity index (χ0v) is 26.1. The maximum atomic E-state index is 5.84. The number of aryl methyl sites for hydroxylation is 2. The second kappa shape index (κ2) is 13.9. The monoisotopic (exact) mass is 608 g/mol. The third-order valence-corrected chi connectivity index (χ3v) is 8.55. The molecule has 0 amide bonds. The van der Waals surface area contributed by atoms with E-state index in [1.807, 2.05) is 12.1 Å². The Hall–Kier alpha value is -1.41. The fourth-order valence-electron chi connectivity index (χ4n) is 4.98. The molecule has 1 aliphatic rings. The van der Waals surface area contributed by atoms with Crippen LogP contribution in [0.4, 0.5) is 5.69 Å². The number of halogens is 1. The van der Waals surface area contributed by atoms with E-state index in [0.717, 1.165) is 12.8 Å². The zero-order valence-electron chi connectivity index (χ0n) is 22.8. The molecular formula is C32H41ClNRuS-2. The number of rotatable bonds is 6. The van der Waals surface area contributed by atoms with Crippen LogP contribution in [0.25, 0.3) is 0 Å². The van der Waals surface area contributed by atoms with Gasteiger partial charge < -0.3 is 12.3 Å². The Morgan fingerprint density at radius 1 is 0.889 bits per heavy atom. The molecule has 1 nitrogen and oxygen atoms in total. The Labute approximate surface area is 236 Å². The molecule has 1 saturated heterocycles. The molecule has 0 bridgehead atoms. The first-order chi connectivity index (χ1) is 16.7. The summed E-state index contributed by atoms with van der Waals surface area (Å²) in [5.74, 6) is 0. The summed E-state index contributed by atoms with van der Waals surface area (Å²) < 4.78 is 2.12. The van der Waals surface area contributed by atoms with Crippen molar-refractivity contribution in [3.8, 4) is 0 Å². The number of benzene rings is 3. The van der Waals surface area contributed by atoms with Gasteiger partial charge >= 0.3 is 112 Å². The van der Waals surface area contributed by atoms with Gasteiger partial charge in [0.15, 0.2) is 0 Å². The van der Waals surface area contributed by atoms with Gasteiger partial charge in [0.2, 0.25) is 0 Å². The Bertz CT molecular complexity index is 1100. The maximum absolute atomic E-state index is 5.84. The van der Waals surface area contributed by atoms with Crippen molar-refractivity contribution in [2.24, 2.45) is 5.41 Å². The molecule has 0 atom stereocenters. The number of nitrogens with zero attached hydrogens (tertiary/aromatic N) is 1. The van der Waals surface area contributed by atoms with Crippen molar-refractivity contribution in [1.29, 1.82) is 0 Å². The van der Waals surface area contributed by atoms with E-state index < -0.39 is 0 Å². The van der Waals surface area contributed by atoms with Crippen LogP contribution in [-0.4, -0.2) is 10.1 Å². The van der Waals surface area contributed by atoms with Crippen LogP contribution in [0.3, 0.4) is 0 Å². The predicted octanol–water partition coefficient (Wildman–Crippen LogP) is 9.66. The summed E-state index contributed by atoms with van der Waals surface area (Å²) in [7, 11) is 5.84. The molecule has 0 spiro atoms. The van der Waals surface area contributed by atoms with Crippen LogP contribution in [0.2, 0.25) is 0 Å². The van der Waals surface area contributed by atoms with Gasteiger partial charge in [0.05, 0.1) is 0 Å². The van der Waals surface area contributed by atoms with Gasteiger partial charge in [-0.25, -0.2) is 6.54 Å². The van der Waals surface area contributed by atoms with Gasteiger partial charge in [0, 0.05) is 11.2 Å². The van der Waals surface area contributed by atoms with Gasteiger partial charge in [-0.1, -0.05) is 52.3 Å². The third-order valence-electron chi connectivity index (χ3n) is 6.26. The van der Waals surface area contributed by atoms with Crippen molar-refractivity contribution in [2.75, 3.05) is 4.90 Å². The van der Waals surface area contributed by atoms with Gasteiger partial charge in [0.1, 0.15) is 0 Å². The van der Waals surface area contributed by atoms with Crippen molar-refractivity contribution in [2.45, 2.75) is 76.1 Å². The van der Waals surface area contributed by atoms with E-state index in [-0.39, 0.29) is 34.1 Å². The topological polar surface area (TPSA) is 3.24 Å². The summed E-state index contributed by atoms with van der Waals surface area (Å²) in [5.41, 5.74) is 6.14. The molecule has 3 aromatic carbocycles. The SMILES string of the molecule is CCc1cccc(CC)c1N1[CH-]C(C)(C)CC1(C)C.[CH3-].[Cl][Ru]=[CH]c1ccccc1Sc1ccccc1. The average molecular weight is 608 g/mol. The first-order valence-corrected chi connectivity index (χ1v) is 16.4. The van der Waals surface area contributed by atoms with Gasteiger partial charge in [-0.2, -0.15) is 0 Å². The average Bonchev–Trinajstić information content (AvgIpc) is 3.07. The second-order valence-corrected chi connectivity index (χ2v) is 13.2. The van der Waals surface area contributed by atoms with E-state index in [9.17, 15) is 0 Å². The van der Waals surface area contributed by atoms with Crippen LogP contribution in [0.5, 0.6) is 0 Å². The fourth-order valence-corrected chi connectivity index (χ4v) is 7.21. The van der Waals surface area contributed by atoms with E-state index in [0.29, 0.717) is 0 Å². The number of anilines is 1. The predicted molar refractivity (Wildman–Crippen MR) is 159 cm³/mol. The molecular weight excluding hydrogens is 567 g/mol. The van der Waals surface area contributed by atoms with Crippen molar-refractivity contribution in [3.05, 3.63) is 103 Å². The van der Waals surface area contributed by atoms with E-state index in [4.69, 9.17) is 9.69 Å². The third kappa shape index (κ3) is 8.04. The quantitative estimate of drug-likeness (QED) is 0.203. The summed E-state index contributed by atoms with van der Waals surface area (Å²) in [4.78, 5) is 5.07. The molecule has 4 rings (SSSR count). The van der Waals surface area contributed by atoms with Crippen LogP contribution >= 0.6 is 21.5 Å². The van der Waals surface area contributed by atoms with E-state index in [1.54, 1.807) is 11.8 Å². The molecule has 4 heteroatoms. The first-order valence-electron chi connectivity index (χ1n) is 12.3. The van der Waals surface area contributed by atoms with E-state index in [1.165, 1.54) is 38.6 Å². The summed E-state index contributed by atoms with van der Waals surface area (Å²) in [5, 5.41) is 0. The van der Waals surface area contributed by atoms with E-state index in [2.05, 4.69) is 118 Å². The van der Waals surface area contributed by atoms with Gasteiger partial charge in [0.25, 0.3) is 0 Å². The molecule has 0 aliphatic carbocycles. The summed E-state index contributed by atoms with van der Waals surface area (Å²) in [6, 6.07) is 25.5.